The summed E-state index contributed by atoms with van der Waals surface area (Å²) >= 11 is 0. The zero-order valence-electron chi connectivity index (χ0n) is 10.3. The Kier molecular flexibility index (Phi) is 3.52. The van der Waals surface area contributed by atoms with Crippen molar-refractivity contribution in [2.75, 3.05) is 0 Å². The number of benzene rings is 2. The fourth-order valence-corrected chi connectivity index (χ4v) is 1.84. The van der Waals surface area contributed by atoms with E-state index in [2.05, 4.69) is 0 Å². The molecule has 2 aromatic carbocycles. The average Bonchev–Trinajstić information content (AvgIpc) is 2.38. The van der Waals surface area contributed by atoms with Crippen molar-refractivity contribution >= 4 is 0 Å². The van der Waals surface area contributed by atoms with Crippen molar-refractivity contribution in [3.63, 3.8) is 0 Å². The Hall–Kier alpha value is -2.31. The Morgan fingerprint density at radius 2 is 1.24 bits per heavy atom. The van der Waals surface area contributed by atoms with Crippen LogP contribution in [-0.4, -0.2) is 16.4 Å². The molecular formula is C14H9F5O2. The van der Waals surface area contributed by atoms with E-state index in [1.807, 2.05) is 0 Å². The van der Waals surface area contributed by atoms with Gasteiger partial charge in [-0.3, -0.25) is 0 Å². The van der Waals surface area contributed by atoms with E-state index in [1.165, 1.54) is 12.1 Å². The van der Waals surface area contributed by atoms with Crippen molar-refractivity contribution in [3.05, 3.63) is 48.0 Å². The summed E-state index contributed by atoms with van der Waals surface area (Å²) in [7, 11) is 0. The third kappa shape index (κ3) is 2.76. The molecule has 0 saturated heterocycles. The maximum absolute atomic E-state index is 13.6. The van der Waals surface area contributed by atoms with Gasteiger partial charge >= 0.3 is 12.1 Å². The van der Waals surface area contributed by atoms with E-state index in [0.29, 0.717) is 6.07 Å². The second kappa shape index (κ2) is 4.91. The number of rotatable bonds is 2. The molecule has 112 valence electrons. The van der Waals surface area contributed by atoms with Gasteiger partial charge in [-0.1, -0.05) is 18.2 Å². The molecule has 0 aliphatic rings. The van der Waals surface area contributed by atoms with Crippen LogP contribution in [0.2, 0.25) is 0 Å². The summed E-state index contributed by atoms with van der Waals surface area (Å²) in [6.07, 6.45) is -5.79. The van der Waals surface area contributed by atoms with Crippen LogP contribution in [0.25, 0.3) is 11.1 Å². The van der Waals surface area contributed by atoms with E-state index in [4.69, 9.17) is 5.11 Å². The first kappa shape index (κ1) is 15.1. The predicted octanol–water partition coefficient (Wildman–Crippen LogP) is 4.42. The number of hydrogen-bond donors (Lipinski definition) is 2. The van der Waals surface area contributed by atoms with Crippen molar-refractivity contribution in [1.29, 1.82) is 0 Å². The third-order valence-corrected chi connectivity index (χ3v) is 2.88. The number of hydrogen-bond acceptors (Lipinski definition) is 2. The smallest absolute Gasteiger partial charge is 0.458 e. The standard InChI is InChI=1S/C14H9F5O2/c15-13(16,14(17,18)19)12-7-10(21)5-6-11(12)8-1-3-9(20)4-2-8/h1-7,20-21H. The highest BCUT2D eigenvalue weighted by molar-refractivity contribution is 5.70. The van der Waals surface area contributed by atoms with Crippen LogP contribution in [0.4, 0.5) is 22.0 Å². The Bertz CT molecular complexity index is 647. The second-order valence-electron chi connectivity index (χ2n) is 4.35. The zero-order valence-corrected chi connectivity index (χ0v) is 10.3. The lowest BCUT2D eigenvalue weighted by Gasteiger charge is -2.23. The fourth-order valence-electron chi connectivity index (χ4n) is 1.84. The number of phenols is 2. The number of halogens is 5. The summed E-state index contributed by atoms with van der Waals surface area (Å²) in [5.41, 5.74) is -1.66. The third-order valence-electron chi connectivity index (χ3n) is 2.88. The van der Waals surface area contributed by atoms with E-state index in [0.717, 1.165) is 24.3 Å². The average molecular weight is 304 g/mol. The molecule has 2 aromatic rings. The Labute approximate surface area is 116 Å². The number of phenolic OH excluding ortho intramolecular Hbond substituents is 2. The summed E-state index contributed by atoms with van der Waals surface area (Å²) in [4.78, 5) is 0. The first-order chi connectivity index (χ1) is 9.63. The molecule has 0 saturated carbocycles. The van der Waals surface area contributed by atoms with Crippen LogP contribution in [0.1, 0.15) is 5.56 Å². The zero-order chi connectivity index (χ0) is 15.8. The van der Waals surface area contributed by atoms with Gasteiger partial charge in [0.25, 0.3) is 0 Å². The van der Waals surface area contributed by atoms with E-state index in [9.17, 15) is 27.1 Å². The van der Waals surface area contributed by atoms with Gasteiger partial charge in [0.05, 0.1) is 0 Å². The van der Waals surface area contributed by atoms with Gasteiger partial charge < -0.3 is 10.2 Å². The first-order valence-corrected chi connectivity index (χ1v) is 5.70. The van der Waals surface area contributed by atoms with Crippen molar-refractivity contribution in [2.45, 2.75) is 12.1 Å². The number of aromatic hydroxyl groups is 2. The van der Waals surface area contributed by atoms with Crippen molar-refractivity contribution in [2.24, 2.45) is 0 Å². The molecule has 0 bridgehead atoms. The molecule has 0 spiro atoms. The molecule has 0 amide bonds. The highest BCUT2D eigenvalue weighted by Gasteiger charge is 2.59. The molecule has 0 aliphatic heterocycles. The van der Waals surface area contributed by atoms with Gasteiger partial charge in [-0.2, -0.15) is 22.0 Å². The SMILES string of the molecule is Oc1ccc(-c2ccc(O)cc2C(F)(F)C(F)(F)F)cc1. The summed E-state index contributed by atoms with van der Waals surface area (Å²) in [6, 6.07) is 7.11. The minimum absolute atomic E-state index is 0.0618. The predicted molar refractivity (Wildman–Crippen MR) is 65.2 cm³/mol. The van der Waals surface area contributed by atoms with Gasteiger partial charge in [-0.05, 0) is 35.4 Å². The topological polar surface area (TPSA) is 40.5 Å². The normalized spacial score (nSPS) is 12.4. The largest absolute Gasteiger partial charge is 0.508 e. The fraction of sp³-hybridized carbons (Fsp3) is 0.143. The van der Waals surface area contributed by atoms with Gasteiger partial charge in [0.2, 0.25) is 0 Å². The summed E-state index contributed by atoms with van der Waals surface area (Å²) in [5.74, 6) is -5.96. The van der Waals surface area contributed by atoms with Gasteiger partial charge in [0.15, 0.2) is 0 Å². The number of alkyl halides is 5. The van der Waals surface area contributed by atoms with Crippen LogP contribution in [0, 0.1) is 0 Å². The second-order valence-corrected chi connectivity index (χ2v) is 4.35. The van der Waals surface area contributed by atoms with E-state index >= 15 is 0 Å². The molecular weight excluding hydrogens is 295 g/mol. The lowest BCUT2D eigenvalue weighted by Crippen LogP contribution is -2.34. The summed E-state index contributed by atoms with van der Waals surface area (Å²) in [5, 5.41) is 18.4. The van der Waals surface area contributed by atoms with Crippen molar-refractivity contribution in [3.8, 4) is 22.6 Å². The quantitative estimate of drug-likeness (QED) is 0.806. The first-order valence-electron chi connectivity index (χ1n) is 5.70. The molecule has 21 heavy (non-hydrogen) atoms. The minimum Gasteiger partial charge on any atom is -0.508 e. The molecule has 0 fully saturated rings. The monoisotopic (exact) mass is 304 g/mol. The van der Waals surface area contributed by atoms with Gasteiger partial charge in [0.1, 0.15) is 11.5 Å². The Morgan fingerprint density at radius 1 is 0.714 bits per heavy atom. The molecule has 2 nitrogen and oxygen atoms in total. The van der Waals surface area contributed by atoms with Crippen molar-refractivity contribution in [1.82, 2.24) is 0 Å². The molecule has 0 aromatic heterocycles. The molecule has 0 unspecified atom stereocenters. The molecule has 0 aliphatic carbocycles. The van der Waals surface area contributed by atoms with E-state index < -0.39 is 23.4 Å². The highest BCUT2D eigenvalue weighted by Crippen LogP contribution is 2.48. The maximum Gasteiger partial charge on any atom is 0.458 e. The van der Waals surface area contributed by atoms with E-state index in [1.54, 1.807) is 0 Å². The molecule has 2 N–H and O–H groups in total. The van der Waals surface area contributed by atoms with Crippen LogP contribution in [0.5, 0.6) is 11.5 Å². The van der Waals surface area contributed by atoms with Crippen LogP contribution in [0.3, 0.4) is 0 Å². The minimum atomic E-state index is -5.79. The summed E-state index contributed by atoms with van der Waals surface area (Å²) in [6.45, 7) is 0. The lowest BCUT2D eigenvalue weighted by molar-refractivity contribution is -0.289. The van der Waals surface area contributed by atoms with Crippen molar-refractivity contribution < 1.29 is 32.2 Å². The molecule has 0 atom stereocenters. The molecule has 0 radical (unpaired) electrons. The van der Waals surface area contributed by atoms with Crippen LogP contribution in [0.15, 0.2) is 42.5 Å². The molecule has 0 heterocycles. The van der Waals surface area contributed by atoms with Crippen LogP contribution < -0.4 is 0 Å². The van der Waals surface area contributed by atoms with E-state index in [-0.39, 0.29) is 16.9 Å². The Balaban J connectivity index is 2.66. The molecule has 7 heteroatoms. The lowest BCUT2D eigenvalue weighted by atomic mass is 9.95. The highest BCUT2D eigenvalue weighted by atomic mass is 19.4. The van der Waals surface area contributed by atoms with Crippen LogP contribution >= 0.6 is 0 Å². The van der Waals surface area contributed by atoms with Gasteiger partial charge in [-0.25, -0.2) is 0 Å². The summed E-state index contributed by atoms with van der Waals surface area (Å²) < 4.78 is 64.8. The maximum atomic E-state index is 13.6. The van der Waals surface area contributed by atoms with Gasteiger partial charge in [0, 0.05) is 5.56 Å². The van der Waals surface area contributed by atoms with Gasteiger partial charge in [-0.15, -0.1) is 0 Å². The Morgan fingerprint density at radius 3 is 1.76 bits per heavy atom. The van der Waals surface area contributed by atoms with Crippen LogP contribution in [-0.2, 0) is 5.92 Å². The molecule has 2 rings (SSSR count).